The van der Waals surface area contributed by atoms with Crippen LogP contribution in [0.15, 0.2) is 157 Å². The van der Waals surface area contributed by atoms with Crippen LogP contribution in [-0.4, -0.2) is 50.5 Å². The molecule has 2 aromatic heterocycles. The van der Waals surface area contributed by atoms with Crippen LogP contribution in [0.5, 0.6) is 23.0 Å². The number of nitrogens with one attached hydrogen (secondary N) is 4. The minimum Gasteiger partial charge on any atom is -0.497 e. The molecule has 0 fully saturated rings. The predicted octanol–water partition coefficient (Wildman–Crippen LogP) is 7.06. The highest BCUT2D eigenvalue weighted by Crippen LogP contribution is 2.36. The van der Waals surface area contributed by atoms with E-state index >= 15 is 0 Å². The summed E-state index contributed by atoms with van der Waals surface area (Å²) in [5.41, 5.74) is 12.6. The molecule has 2 unspecified atom stereocenters. The summed E-state index contributed by atoms with van der Waals surface area (Å²) >= 11 is 0. The number of aromatic nitrogens is 2. The normalized spacial score (nSPS) is 21.7. The van der Waals surface area contributed by atoms with Crippen molar-refractivity contribution in [1.82, 2.24) is 20.6 Å². The lowest BCUT2D eigenvalue weighted by Crippen LogP contribution is -2.31. The smallest absolute Gasteiger partial charge is 0.118 e. The van der Waals surface area contributed by atoms with Crippen molar-refractivity contribution < 1.29 is 18.9 Å². The molecule has 3 aliphatic heterocycles. The van der Waals surface area contributed by atoms with Crippen molar-refractivity contribution in [3.63, 3.8) is 0 Å². The Hall–Kier alpha value is -7.06. The Morgan fingerprint density at radius 3 is 1.05 bits per heavy atom. The van der Waals surface area contributed by atoms with E-state index in [9.17, 15) is 0 Å². The number of ether oxygens (including phenoxy) is 4. The van der Waals surface area contributed by atoms with Gasteiger partial charge in [-0.05, 0) is 107 Å². The number of H-pyrrole nitrogens is 2. The average molecular weight is 739 g/mol. The van der Waals surface area contributed by atoms with Crippen LogP contribution in [0.25, 0.3) is 22.3 Å². The van der Waals surface area contributed by atoms with Crippen molar-refractivity contribution in [2.24, 2.45) is 0 Å². The minimum atomic E-state index is -0.143. The summed E-state index contributed by atoms with van der Waals surface area (Å²) in [6, 6.07) is 41.4. The van der Waals surface area contributed by atoms with Crippen LogP contribution in [-0.2, 0) is 0 Å². The molecule has 0 aliphatic carbocycles. The fourth-order valence-corrected chi connectivity index (χ4v) is 7.93. The SMILES string of the molecule is COc1ccc(/C2=C3\C=CC(N3)/C(c3ccc(OC)cc3)=c3/cc/c([nH]3)=C(\c3ccc(OC)cc3)C3C=C/C(=C(\c4ccc(OC)cc4)c4ccc2[nH]4)N3)cc1. The van der Waals surface area contributed by atoms with Crippen LogP contribution in [0.1, 0.15) is 33.6 Å². The van der Waals surface area contributed by atoms with E-state index in [0.717, 1.165) is 101 Å². The second-order valence-corrected chi connectivity index (χ2v) is 13.9. The van der Waals surface area contributed by atoms with E-state index in [1.165, 1.54) is 0 Å². The quantitative estimate of drug-likeness (QED) is 0.134. The zero-order chi connectivity index (χ0) is 38.2. The second kappa shape index (κ2) is 14.6. The Morgan fingerprint density at radius 2 is 0.714 bits per heavy atom. The van der Waals surface area contributed by atoms with Gasteiger partial charge in [-0.3, -0.25) is 0 Å². The monoisotopic (exact) mass is 738 g/mol. The maximum Gasteiger partial charge on any atom is 0.118 e. The average Bonchev–Trinajstić information content (AvgIpc) is 4.10. The van der Waals surface area contributed by atoms with Gasteiger partial charge in [-0.15, -0.1) is 0 Å². The Kier molecular flexibility index (Phi) is 9.07. The van der Waals surface area contributed by atoms with Crippen molar-refractivity contribution in [2.75, 3.05) is 28.4 Å². The number of methoxy groups -OCH3 is 4. The Morgan fingerprint density at radius 1 is 0.375 bits per heavy atom. The molecule has 56 heavy (non-hydrogen) atoms. The van der Waals surface area contributed by atoms with Crippen molar-refractivity contribution in [2.45, 2.75) is 12.1 Å². The zero-order valence-corrected chi connectivity index (χ0v) is 31.6. The second-order valence-electron chi connectivity index (χ2n) is 13.9. The van der Waals surface area contributed by atoms with Gasteiger partial charge in [-0.1, -0.05) is 60.7 Å². The molecule has 4 N–H and O–H groups in total. The molecule has 9 rings (SSSR count). The molecule has 0 amide bonds. The number of benzene rings is 4. The fourth-order valence-electron chi connectivity index (χ4n) is 7.93. The molecule has 278 valence electrons. The van der Waals surface area contributed by atoms with Crippen LogP contribution < -0.4 is 40.3 Å². The third-order valence-corrected chi connectivity index (χ3v) is 10.7. The highest BCUT2D eigenvalue weighted by Gasteiger charge is 2.27. The minimum absolute atomic E-state index is 0.143. The summed E-state index contributed by atoms with van der Waals surface area (Å²) in [7, 11) is 6.77. The van der Waals surface area contributed by atoms with E-state index < -0.39 is 0 Å². The number of hydrogen-bond donors (Lipinski definition) is 4. The Bertz CT molecular complexity index is 2480. The van der Waals surface area contributed by atoms with E-state index in [0.29, 0.717) is 0 Å². The van der Waals surface area contributed by atoms with Crippen LogP contribution in [0.3, 0.4) is 0 Å². The van der Waals surface area contributed by atoms with Gasteiger partial charge in [0.1, 0.15) is 23.0 Å². The van der Waals surface area contributed by atoms with E-state index in [1.54, 1.807) is 28.4 Å². The summed E-state index contributed by atoms with van der Waals surface area (Å²) in [6.45, 7) is 0. The maximum absolute atomic E-state index is 5.55. The van der Waals surface area contributed by atoms with Gasteiger partial charge in [0.15, 0.2) is 0 Å². The van der Waals surface area contributed by atoms with Crippen molar-refractivity contribution in [3.05, 3.63) is 201 Å². The van der Waals surface area contributed by atoms with Crippen LogP contribution in [0, 0.1) is 0 Å². The van der Waals surface area contributed by atoms with Crippen molar-refractivity contribution in [1.29, 1.82) is 0 Å². The lowest BCUT2D eigenvalue weighted by molar-refractivity contribution is 0.414. The van der Waals surface area contributed by atoms with Crippen molar-refractivity contribution in [3.8, 4) is 23.0 Å². The standard InChI is InChI=1S/C48H42N4O4/c1-53-33-13-5-29(6-14-33)45-37-21-23-39(49-37)46(30-7-15-34(54-2)16-8-30)41-25-27-43(51-41)48(32-11-19-36(56-4)20-12-32)44-28-26-42(52-44)47(40-24-22-38(45)50-40)31-9-17-35(55-3)18-10-31/h5-28,37,42,49-52H,1-4H3/b45-38-,46-39-,47-40-,48-44-. The van der Waals surface area contributed by atoms with Gasteiger partial charge in [0.2, 0.25) is 0 Å². The number of aromatic amines is 2. The molecular weight excluding hydrogens is 697 g/mol. The Labute approximate surface area is 325 Å². The maximum atomic E-state index is 5.55. The van der Waals surface area contributed by atoms with Gasteiger partial charge >= 0.3 is 0 Å². The first-order chi connectivity index (χ1) is 27.5. The molecule has 0 spiro atoms. The number of allylic oxidation sites excluding steroid dienone is 2. The van der Waals surface area contributed by atoms with E-state index in [2.05, 4.69) is 118 Å². The first kappa shape index (κ1) is 34.7. The highest BCUT2D eigenvalue weighted by molar-refractivity contribution is 5.88. The molecule has 2 atom stereocenters. The largest absolute Gasteiger partial charge is 0.497 e. The van der Waals surface area contributed by atoms with E-state index in [1.807, 2.05) is 48.5 Å². The molecule has 3 aliphatic rings. The van der Waals surface area contributed by atoms with E-state index in [-0.39, 0.29) is 12.1 Å². The number of hydrogen-bond acceptors (Lipinski definition) is 6. The van der Waals surface area contributed by atoms with Crippen LogP contribution in [0.4, 0.5) is 0 Å². The lowest BCUT2D eigenvalue weighted by atomic mass is 9.98. The van der Waals surface area contributed by atoms with Gasteiger partial charge in [0, 0.05) is 55.8 Å². The number of rotatable bonds is 8. The van der Waals surface area contributed by atoms with Crippen LogP contribution in [0.2, 0.25) is 0 Å². The molecule has 8 nitrogen and oxygen atoms in total. The molecule has 0 radical (unpaired) electrons. The van der Waals surface area contributed by atoms with Gasteiger partial charge in [-0.25, -0.2) is 0 Å². The summed E-state index contributed by atoms with van der Waals surface area (Å²) in [4.78, 5) is 7.73. The molecule has 8 bridgehead atoms. The van der Waals surface area contributed by atoms with Gasteiger partial charge < -0.3 is 39.5 Å². The molecule has 5 heterocycles. The Balaban J connectivity index is 1.33. The molecule has 0 saturated carbocycles. The molecule has 4 aromatic carbocycles. The van der Waals surface area contributed by atoms with Crippen molar-refractivity contribution >= 4 is 22.3 Å². The van der Waals surface area contributed by atoms with Gasteiger partial charge in [-0.2, -0.15) is 0 Å². The van der Waals surface area contributed by atoms with E-state index in [4.69, 9.17) is 18.9 Å². The first-order valence-corrected chi connectivity index (χ1v) is 18.6. The third-order valence-electron chi connectivity index (χ3n) is 10.7. The van der Waals surface area contributed by atoms with Crippen LogP contribution >= 0.6 is 0 Å². The number of fused-ring (bicyclic) bond motifs is 8. The summed E-state index contributed by atoms with van der Waals surface area (Å²) in [6.07, 6.45) is 8.87. The molecule has 0 saturated heterocycles. The summed E-state index contributed by atoms with van der Waals surface area (Å²) < 4.78 is 22.2. The predicted molar refractivity (Wildman–Crippen MR) is 222 cm³/mol. The first-order valence-electron chi connectivity index (χ1n) is 18.6. The lowest BCUT2D eigenvalue weighted by Gasteiger charge is -2.20. The zero-order valence-electron chi connectivity index (χ0n) is 31.6. The summed E-state index contributed by atoms with van der Waals surface area (Å²) in [5.74, 6) is 3.22. The third kappa shape index (κ3) is 6.35. The molecule has 6 aromatic rings. The topological polar surface area (TPSA) is 92.6 Å². The van der Waals surface area contributed by atoms with Gasteiger partial charge in [0.25, 0.3) is 0 Å². The summed E-state index contributed by atoms with van der Waals surface area (Å²) in [5, 5.41) is 9.87. The highest BCUT2D eigenvalue weighted by atomic mass is 16.5. The fraction of sp³-hybridized carbons (Fsp3) is 0.125. The van der Waals surface area contributed by atoms with Gasteiger partial charge in [0.05, 0.1) is 40.5 Å². The molecule has 8 heteroatoms. The molecular formula is C48H42N4O4.